The van der Waals surface area contributed by atoms with E-state index in [1.807, 2.05) is 0 Å². The zero-order valence-electron chi connectivity index (χ0n) is 21.8. The van der Waals surface area contributed by atoms with Crippen LogP contribution in [-0.4, -0.2) is 76.5 Å². The molecule has 2 aliphatic carbocycles. The predicted octanol–water partition coefficient (Wildman–Crippen LogP) is 3.27. The zero-order chi connectivity index (χ0) is 26.8. The van der Waals surface area contributed by atoms with Gasteiger partial charge < -0.3 is 25.0 Å². The number of hydrogen-bond acceptors (Lipinski definition) is 10. The van der Waals surface area contributed by atoms with E-state index >= 15 is 0 Å². The van der Waals surface area contributed by atoms with Crippen molar-refractivity contribution in [1.82, 2.24) is 19.9 Å². The third-order valence-electron chi connectivity index (χ3n) is 9.33. The van der Waals surface area contributed by atoms with Gasteiger partial charge in [0.05, 0.1) is 11.1 Å². The van der Waals surface area contributed by atoms with Crippen molar-refractivity contribution in [2.75, 3.05) is 50.0 Å². The molecule has 3 saturated heterocycles. The fourth-order valence-electron chi connectivity index (χ4n) is 7.08. The fourth-order valence-corrected chi connectivity index (χ4v) is 8.26. The Hall–Kier alpha value is -3.22. The monoisotopic (exact) mass is 550 g/mol. The molecule has 204 valence electrons. The summed E-state index contributed by atoms with van der Waals surface area (Å²) < 4.78 is 26.3. The highest BCUT2D eigenvalue weighted by Crippen LogP contribution is 2.51. The summed E-state index contributed by atoms with van der Waals surface area (Å²) in [5, 5.41) is 10.4. The van der Waals surface area contributed by atoms with Crippen molar-refractivity contribution in [3.8, 4) is 18.1 Å². The standard InChI is InChI=1S/C27H31FN8O2S/c1-31-26(7-8-26)15-37-23-32-22(33-24(34-23)38-16-27-6-3-9-36(27)12-17(28)10-27)35-13-25(14-35)5-2-4-19-20(25)18(11-29)21(30)39-19/h17H,2-10,12-16,30H2/t17-,27+/m1/s1. The number of hydrogen-bond donors (Lipinski definition) is 1. The highest BCUT2D eigenvalue weighted by atomic mass is 32.1. The lowest BCUT2D eigenvalue weighted by atomic mass is 9.66. The number of nitrogen functional groups attached to an aromatic ring is 1. The Morgan fingerprint density at radius 1 is 1.13 bits per heavy atom. The number of thiophene rings is 1. The minimum absolute atomic E-state index is 0.142. The topological polar surface area (TPSA) is 118 Å². The number of nitrogens with zero attached hydrogens (tertiary/aromatic N) is 7. The number of halogens is 1. The minimum atomic E-state index is -0.841. The van der Waals surface area contributed by atoms with Crippen molar-refractivity contribution in [3.63, 3.8) is 0 Å². The van der Waals surface area contributed by atoms with Crippen LogP contribution >= 0.6 is 11.3 Å². The average Bonchev–Trinajstić information content (AvgIpc) is 3.33. The number of aromatic nitrogens is 3. The van der Waals surface area contributed by atoms with Crippen molar-refractivity contribution >= 4 is 22.3 Å². The molecular weight excluding hydrogens is 519 g/mol. The Labute approximate surface area is 230 Å². The number of ether oxygens (including phenoxy) is 2. The quantitative estimate of drug-likeness (QED) is 0.518. The van der Waals surface area contributed by atoms with Crippen LogP contribution in [0.2, 0.25) is 0 Å². The van der Waals surface area contributed by atoms with Gasteiger partial charge in [0.1, 0.15) is 23.8 Å². The summed E-state index contributed by atoms with van der Waals surface area (Å²) in [5.41, 5.74) is 6.98. The Kier molecular flexibility index (Phi) is 5.66. The Bertz CT molecular complexity index is 1390. The van der Waals surface area contributed by atoms with E-state index in [2.05, 4.69) is 35.7 Å². The molecule has 10 nitrogen and oxygen atoms in total. The number of fused-ring (bicyclic) bond motifs is 3. The van der Waals surface area contributed by atoms with Gasteiger partial charge in [0.15, 0.2) is 6.61 Å². The van der Waals surface area contributed by atoms with Crippen LogP contribution in [0, 0.1) is 17.9 Å². The van der Waals surface area contributed by atoms with Crippen molar-refractivity contribution in [2.24, 2.45) is 0 Å². The van der Waals surface area contributed by atoms with Crippen LogP contribution < -0.4 is 20.1 Å². The van der Waals surface area contributed by atoms with Crippen LogP contribution in [0.5, 0.6) is 12.0 Å². The first-order valence-electron chi connectivity index (χ1n) is 13.7. The van der Waals surface area contributed by atoms with Gasteiger partial charge in [0.25, 0.3) is 5.54 Å². The number of nitriles is 1. The van der Waals surface area contributed by atoms with E-state index in [-0.39, 0.29) is 29.6 Å². The summed E-state index contributed by atoms with van der Waals surface area (Å²) >= 11 is 1.54. The van der Waals surface area contributed by atoms with Crippen molar-refractivity contribution < 1.29 is 13.9 Å². The van der Waals surface area contributed by atoms with E-state index in [1.165, 1.54) is 16.2 Å². The molecule has 5 aliphatic rings. The number of aryl methyl sites for hydroxylation is 1. The molecule has 0 aromatic carbocycles. The lowest BCUT2D eigenvalue weighted by Gasteiger charge is -2.52. The molecule has 5 heterocycles. The van der Waals surface area contributed by atoms with Gasteiger partial charge in [-0.2, -0.15) is 15.2 Å². The van der Waals surface area contributed by atoms with Crippen LogP contribution in [0.15, 0.2) is 0 Å². The third kappa shape index (κ3) is 4.07. The summed E-state index contributed by atoms with van der Waals surface area (Å²) in [6.07, 6.45) is 6.15. The van der Waals surface area contributed by atoms with Gasteiger partial charge in [0.2, 0.25) is 5.95 Å². The molecule has 2 aromatic rings. The summed E-state index contributed by atoms with van der Waals surface area (Å²) in [7, 11) is 0. The number of alkyl halides is 1. The highest BCUT2D eigenvalue weighted by molar-refractivity contribution is 7.16. The van der Waals surface area contributed by atoms with E-state index in [0.717, 1.165) is 57.1 Å². The molecule has 1 spiro atoms. The van der Waals surface area contributed by atoms with E-state index in [9.17, 15) is 9.65 Å². The maximum atomic E-state index is 14.3. The molecule has 2 N–H and O–H groups in total. The van der Waals surface area contributed by atoms with Gasteiger partial charge in [-0.15, -0.1) is 16.3 Å². The first-order chi connectivity index (χ1) is 18.9. The molecule has 3 aliphatic heterocycles. The molecule has 4 fully saturated rings. The summed E-state index contributed by atoms with van der Waals surface area (Å²) in [6, 6.07) is 2.64. The number of rotatable bonds is 7. The normalized spacial score (nSPS) is 27.8. The fraction of sp³-hybridized carbons (Fsp3) is 0.667. The van der Waals surface area contributed by atoms with E-state index in [4.69, 9.17) is 21.8 Å². The lowest BCUT2D eigenvalue weighted by molar-refractivity contribution is 0.106. The van der Waals surface area contributed by atoms with Crippen LogP contribution in [0.3, 0.4) is 0 Å². The molecule has 1 saturated carbocycles. The molecule has 2 atom stereocenters. The number of anilines is 2. The maximum Gasteiger partial charge on any atom is 0.324 e. The van der Waals surface area contributed by atoms with Crippen molar-refractivity contribution in [1.29, 1.82) is 5.26 Å². The maximum absolute atomic E-state index is 14.3. The third-order valence-corrected chi connectivity index (χ3v) is 10.4. The summed E-state index contributed by atoms with van der Waals surface area (Å²) in [6.45, 7) is 10.7. The van der Waals surface area contributed by atoms with Crippen LogP contribution in [0.1, 0.15) is 60.9 Å². The zero-order valence-corrected chi connectivity index (χ0v) is 22.6. The van der Waals surface area contributed by atoms with Gasteiger partial charge in [-0.1, -0.05) is 0 Å². The average molecular weight is 551 g/mol. The van der Waals surface area contributed by atoms with Crippen molar-refractivity contribution in [3.05, 3.63) is 27.4 Å². The molecule has 0 radical (unpaired) electrons. The van der Waals surface area contributed by atoms with Crippen LogP contribution in [0.4, 0.5) is 15.3 Å². The van der Waals surface area contributed by atoms with Gasteiger partial charge in [-0.3, -0.25) is 4.90 Å². The minimum Gasteiger partial charge on any atom is -0.461 e. The molecule has 12 heteroatoms. The predicted molar refractivity (Wildman–Crippen MR) is 143 cm³/mol. The Morgan fingerprint density at radius 3 is 2.62 bits per heavy atom. The van der Waals surface area contributed by atoms with Gasteiger partial charge in [-0.05, 0) is 44.2 Å². The Balaban J connectivity index is 1.14. The molecule has 39 heavy (non-hydrogen) atoms. The molecule has 2 aromatic heterocycles. The van der Waals surface area contributed by atoms with Crippen LogP contribution in [0.25, 0.3) is 4.85 Å². The molecule has 0 amide bonds. The largest absolute Gasteiger partial charge is 0.461 e. The molecule has 0 unspecified atom stereocenters. The first-order valence-corrected chi connectivity index (χ1v) is 14.5. The number of nitrogens with two attached hydrogens (primary N) is 1. The lowest BCUT2D eigenvalue weighted by Crippen LogP contribution is -2.61. The second-order valence-electron chi connectivity index (χ2n) is 11.9. The second-order valence-corrected chi connectivity index (χ2v) is 13.1. The second kappa shape index (κ2) is 8.90. The van der Waals surface area contributed by atoms with Gasteiger partial charge >= 0.3 is 12.0 Å². The van der Waals surface area contributed by atoms with Crippen LogP contribution in [-0.2, 0) is 11.8 Å². The molecule has 0 bridgehead atoms. The van der Waals surface area contributed by atoms with E-state index in [1.54, 1.807) is 0 Å². The van der Waals surface area contributed by atoms with E-state index < -0.39 is 11.7 Å². The van der Waals surface area contributed by atoms with Gasteiger partial charge in [0, 0.05) is 49.2 Å². The summed E-state index contributed by atoms with van der Waals surface area (Å²) in [4.78, 5) is 22.9. The first kappa shape index (κ1) is 24.8. The summed E-state index contributed by atoms with van der Waals surface area (Å²) in [5.74, 6) is 0.456. The van der Waals surface area contributed by atoms with Crippen molar-refractivity contribution in [2.45, 2.75) is 74.0 Å². The molecule has 7 rings (SSSR count). The van der Waals surface area contributed by atoms with E-state index in [0.29, 0.717) is 49.2 Å². The Morgan fingerprint density at radius 2 is 1.90 bits per heavy atom. The highest BCUT2D eigenvalue weighted by Gasteiger charge is 2.53. The van der Waals surface area contributed by atoms with Gasteiger partial charge in [-0.25, -0.2) is 11.0 Å². The smallest absolute Gasteiger partial charge is 0.324 e. The molecular formula is C27H31FN8O2S. The SMILES string of the molecule is [C-]#[N+]C1(COc2nc(OC[C@@]34CCCN3C[C@H](F)C4)nc(N3CC4(CCCc5sc(N)c(C#N)c54)C3)n2)CC1.